The number of thiazole rings is 1. The number of carbonyl (C=O) groups excluding carboxylic acids is 2. The van der Waals surface area contributed by atoms with Crippen molar-refractivity contribution in [2.24, 2.45) is 0 Å². The van der Waals surface area contributed by atoms with Crippen molar-refractivity contribution in [1.82, 2.24) is 4.98 Å². The van der Waals surface area contributed by atoms with Crippen LogP contribution in [-0.4, -0.2) is 16.8 Å². The number of aromatic nitrogens is 1. The maximum atomic E-state index is 13.1. The molecule has 0 radical (unpaired) electrons. The SMILES string of the molecule is O=C(Cc1csc(NC(=O)c2ccc(F)cc2)n1)Nc1ccc(F)c(F)c1. The third-order valence-corrected chi connectivity index (χ3v) is 4.23. The van der Waals surface area contributed by atoms with Crippen LogP contribution in [0.5, 0.6) is 0 Å². The second-order valence-electron chi connectivity index (χ2n) is 5.46. The lowest BCUT2D eigenvalue weighted by atomic mass is 10.2. The Morgan fingerprint density at radius 3 is 2.41 bits per heavy atom. The molecule has 3 rings (SSSR count). The molecule has 2 amide bonds. The summed E-state index contributed by atoms with van der Waals surface area (Å²) in [6, 6.07) is 8.06. The topological polar surface area (TPSA) is 71.1 Å². The number of carbonyl (C=O) groups is 2. The number of nitrogens with one attached hydrogen (secondary N) is 2. The van der Waals surface area contributed by atoms with Gasteiger partial charge in [-0.3, -0.25) is 14.9 Å². The maximum absolute atomic E-state index is 13.1. The highest BCUT2D eigenvalue weighted by atomic mass is 32.1. The van der Waals surface area contributed by atoms with E-state index in [0.29, 0.717) is 5.69 Å². The minimum atomic E-state index is -1.06. The number of anilines is 2. The molecule has 138 valence electrons. The highest BCUT2D eigenvalue weighted by Gasteiger charge is 2.12. The zero-order valence-corrected chi connectivity index (χ0v) is 14.4. The van der Waals surface area contributed by atoms with Crippen molar-refractivity contribution in [3.8, 4) is 0 Å². The van der Waals surface area contributed by atoms with Gasteiger partial charge in [-0.25, -0.2) is 18.2 Å². The van der Waals surface area contributed by atoms with Gasteiger partial charge in [-0.15, -0.1) is 11.3 Å². The Hall–Kier alpha value is -3.20. The molecule has 0 atom stereocenters. The Labute approximate surface area is 155 Å². The van der Waals surface area contributed by atoms with Crippen molar-refractivity contribution < 1.29 is 22.8 Å². The molecule has 9 heteroatoms. The van der Waals surface area contributed by atoms with E-state index in [9.17, 15) is 22.8 Å². The van der Waals surface area contributed by atoms with Gasteiger partial charge < -0.3 is 5.32 Å². The Balaban J connectivity index is 1.58. The summed E-state index contributed by atoms with van der Waals surface area (Å²) in [4.78, 5) is 28.1. The minimum Gasteiger partial charge on any atom is -0.326 e. The Kier molecular flexibility index (Phi) is 5.51. The van der Waals surface area contributed by atoms with E-state index in [-0.39, 0.29) is 22.8 Å². The van der Waals surface area contributed by atoms with Crippen LogP contribution in [0.3, 0.4) is 0 Å². The van der Waals surface area contributed by atoms with Gasteiger partial charge in [-0.05, 0) is 36.4 Å². The van der Waals surface area contributed by atoms with Crippen molar-refractivity contribution in [1.29, 1.82) is 0 Å². The molecule has 2 N–H and O–H groups in total. The number of nitrogens with zero attached hydrogens (tertiary/aromatic N) is 1. The number of benzene rings is 2. The zero-order chi connectivity index (χ0) is 19.4. The summed E-state index contributed by atoms with van der Waals surface area (Å²) >= 11 is 1.12. The molecule has 0 fully saturated rings. The standard InChI is InChI=1S/C18H12F3N3O2S/c19-11-3-1-10(2-4-11)17(26)24-18-23-13(9-27-18)8-16(25)22-12-5-6-14(20)15(21)7-12/h1-7,9H,8H2,(H,22,25)(H,23,24,26). The van der Waals surface area contributed by atoms with Gasteiger partial charge >= 0.3 is 0 Å². The van der Waals surface area contributed by atoms with Crippen molar-refractivity contribution in [3.05, 3.63) is 76.6 Å². The first-order valence-electron chi connectivity index (χ1n) is 7.67. The molecule has 0 bridgehead atoms. The molecular formula is C18H12F3N3O2S. The summed E-state index contributed by atoms with van der Waals surface area (Å²) in [7, 11) is 0. The number of hydrogen-bond acceptors (Lipinski definition) is 4. The van der Waals surface area contributed by atoms with E-state index in [1.54, 1.807) is 5.38 Å². The van der Waals surface area contributed by atoms with Gasteiger partial charge in [0.25, 0.3) is 5.91 Å². The fourth-order valence-corrected chi connectivity index (χ4v) is 2.86. The van der Waals surface area contributed by atoms with Gasteiger partial charge in [0.05, 0.1) is 12.1 Å². The van der Waals surface area contributed by atoms with Gasteiger partial charge in [0.2, 0.25) is 5.91 Å². The lowest BCUT2D eigenvalue weighted by Crippen LogP contribution is -2.15. The summed E-state index contributed by atoms with van der Waals surface area (Å²) in [5.41, 5.74) is 0.790. The summed E-state index contributed by atoms with van der Waals surface area (Å²) in [6.07, 6.45) is -0.109. The van der Waals surface area contributed by atoms with Crippen LogP contribution >= 0.6 is 11.3 Å². The van der Waals surface area contributed by atoms with Crippen LogP contribution in [-0.2, 0) is 11.2 Å². The smallest absolute Gasteiger partial charge is 0.257 e. The van der Waals surface area contributed by atoms with Crippen LogP contribution in [0.2, 0.25) is 0 Å². The third kappa shape index (κ3) is 4.91. The fraction of sp³-hybridized carbons (Fsp3) is 0.0556. The van der Waals surface area contributed by atoms with Crippen molar-refractivity contribution >= 4 is 34.0 Å². The number of halogens is 3. The first-order valence-corrected chi connectivity index (χ1v) is 8.55. The molecule has 27 heavy (non-hydrogen) atoms. The van der Waals surface area contributed by atoms with Gasteiger partial charge in [-0.1, -0.05) is 0 Å². The van der Waals surface area contributed by atoms with Gasteiger partial charge in [-0.2, -0.15) is 0 Å². The molecule has 2 aromatic carbocycles. The Morgan fingerprint density at radius 2 is 1.70 bits per heavy atom. The first kappa shape index (κ1) is 18.6. The summed E-state index contributed by atoms with van der Waals surface area (Å²) in [5.74, 6) is -3.44. The number of amides is 2. The van der Waals surface area contributed by atoms with E-state index >= 15 is 0 Å². The molecular weight excluding hydrogens is 379 g/mol. The van der Waals surface area contributed by atoms with E-state index in [1.165, 1.54) is 30.3 Å². The first-order chi connectivity index (χ1) is 12.9. The number of rotatable bonds is 5. The van der Waals surface area contributed by atoms with Gasteiger partial charge in [0.1, 0.15) is 5.82 Å². The van der Waals surface area contributed by atoms with E-state index in [1.807, 2.05) is 0 Å². The van der Waals surface area contributed by atoms with E-state index in [2.05, 4.69) is 15.6 Å². The predicted molar refractivity (Wildman–Crippen MR) is 95.2 cm³/mol. The number of hydrogen-bond donors (Lipinski definition) is 2. The van der Waals surface area contributed by atoms with Crippen molar-refractivity contribution in [2.45, 2.75) is 6.42 Å². The minimum absolute atomic E-state index is 0.109. The van der Waals surface area contributed by atoms with Crippen molar-refractivity contribution in [2.75, 3.05) is 10.6 Å². The monoisotopic (exact) mass is 391 g/mol. The zero-order valence-electron chi connectivity index (χ0n) is 13.6. The normalized spacial score (nSPS) is 10.5. The lowest BCUT2D eigenvalue weighted by Gasteiger charge is -2.04. The molecule has 0 spiro atoms. The maximum Gasteiger partial charge on any atom is 0.257 e. The van der Waals surface area contributed by atoms with Gasteiger partial charge in [0.15, 0.2) is 16.8 Å². The second kappa shape index (κ2) is 8.00. The molecule has 5 nitrogen and oxygen atoms in total. The van der Waals surface area contributed by atoms with Gasteiger partial charge in [0, 0.05) is 22.7 Å². The van der Waals surface area contributed by atoms with Crippen LogP contribution in [0, 0.1) is 17.5 Å². The van der Waals surface area contributed by atoms with Crippen LogP contribution in [0.25, 0.3) is 0 Å². The molecule has 0 unspecified atom stereocenters. The van der Waals surface area contributed by atoms with Crippen molar-refractivity contribution in [3.63, 3.8) is 0 Å². The van der Waals surface area contributed by atoms with Crippen LogP contribution in [0.1, 0.15) is 16.1 Å². The summed E-state index contributed by atoms with van der Waals surface area (Å²) < 4.78 is 38.9. The van der Waals surface area contributed by atoms with Crippen LogP contribution in [0.4, 0.5) is 24.0 Å². The van der Waals surface area contributed by atoms with Crippen LogP contribution < -0.4 is 10.6 Å². The molecule has 1 heterocycles. The summed E-state index contributed by atoms with van der Waals surface area (Å²) in [5, 5.41) is 6.86. The molecule has 0 aliphatic heterocycles. The third-order valence-electron chi connectivity index (χ3n) is 3.42. The molecule has 0 aliphatic carbocycles. The average molecular weight is 391 g/mol. The highest BCUT2D eigenvalue weighted by molar-refractivity contribution is 7.14. The Bertz CT molecular complexity index is 990. The van der Waals surface area contributed by atoms with E-state index < -0.39 is 29.3 Å². The van der Waals surface area contributed by atoms with Crippen LogP contribution in [0.15, 0.2) is 47.8 Å². The molecule has 0 aliphatic rings. The molecule has 0 saturated carbocycles. The predicted octanol–water partition coefficient (Wildman–Crippen LogP) is 3.99. The van der Waals surface area contributed by atoms with E-state index in [4.69, 9.17) is 0 Å². The summed E-state index contributed by atoms with van der Waals surface area (Å²) in [6.45, 7) is 0. The molecule has 0 saturated heterocycles. The molecule has 1 aromatic heterocycles. The average Bonchev–Trinajstić information content (AvgIpc) is 3.05. The highest BCUT2D eigenvalue weighted by Crippen LogP contribution is 2.18. The largest absolute Gasteiger partial charge is 0.326 e. The second-order valence-corrected chi connectivity index (χ2v) is 6.32. The fourth-order valence-electron chi connectivity index (χ4n) is 2.16. The molecule has 3 aromatic rings. The Morgan fingerprint density at radius 1 is 0.963 bits per heavy atom. The lowest BCUT2D eigenvalue weighted by molar-refractivity contribution is -0.115. The van der Waals surface area contributed by atoms with E-state index in [0.717, 1.165) is 23.5 Å². The quantitative estimate of drug-likeness (QED) is 0.691.